The lowest BCUT2D eigenvalue weighted by Gasteiger charge is -2.13. The Morgan fingerprint density at radius 2 is 2.25 bits per heavy atom. The van der Waals surface area contributed by atoms with Crippen LogP contribution in [0.25, 0.3) is 0 Å². The molecule has 0 saturated heterocycles. The predicted octanol–water partition coefficient (Wildman–Crippen LogP) is 1.79. The molecule has 0 aliphatic heterocycles. The summed E-state index contributed by atoms with van der Waals surface area (Å²) in [6, 6.07) is 0.620. The molecule has 0 aliphatic carbocycles. The SMILES string of the molecule is CC(C)CNCc1coc(N(C)Cc2nccn2C)n1. The van der Waals surface area contributed by atoms with Crippen molar-refractivity contribution in [3.05, 3.63) is 30.2 Å². The molecule has 6 heteroatoms. The Balaban J connectivity index is 1.89. The van der Waals surface area contributed by atoms with E-state index in [1.165, 1.54) is 0 Å². The molecule has 0 radical (unpaired) electrons. The molecule has 0 aromatic carbocycles. The lowest BCUT2D eigenvalue weighted by atomic mass is 10.2. The molecule has 0 aliphatic rings. The first-order valence-corrected chi connectivity index (χ1v) is 6.88. The molecule has 2 heterocycles. The number of nitrogens with zero attached hydrogens (tertiary/aromatic N) is 4. The molecular formula is C14H23N5O. The number of rotatable bonds is 7. The van der Waals surface area contributed by atoms with Gasteiger partial charge >= 0.3 is 0 Å². The van der Waals surface area contributed by atoms with Crippen molar-refractivity contribution in [2.45, 2.75) is 26.9 Å². The second-order valence-corrected chi connectivity index (χ2v) is 5.46. The van der Waals surface area contributed by atoms with Crippen LogP contribution in [0.15, 0.2) is 23.1 Å². The Morgan fingerprint density at radius 1 is 1.45 bits per heavy atom. The summed E-state index contributed by atoms with van der Waals surface area (Å²) in [4.78, 5) is 10.7. The number of aromatic nitrogens is 3. The third kappa shape index (κ3) is 3.84. The van der Waals surface area contributed by atoms with Gasteiger partial charge in [-0.05, 0) is 12.5 Å². The molecule has 2 rings (SSSR count). The largest absolute Gasteiger partial charge is 0.432 e. The summed E-state index contributed by atoms with van der Waals surface area (Å²) in [5, 5.41) is 3.35. The van der Waals surface area contributed by atoms with Gasteiger partial charge in [0.2, 0.25) is 0 Å². The molecule has 1 N–H and O–H groups in total. The summed E-state index contributed by atoms with van der Waals surface area (Å²) in [6.07, 6.45) is 5.43. The number of nitrogens with one attached hydrogen (secondary N) is 1. The van der Waals surface area contributed by atoms with Crippen molar-refractivity contribution in [3.8, 4) is 0 Å². The van der Waals surface area contributed by atoms with Gasteiger partial charge in [-0.1, -0.05) is 13.8 Å². The van der Waals surface area contributed by atoms with Gasteiger partial charge < -0.3 is 19.2 Å². The van der Waals surface area contributed by atoms with E-state index in [0.29, 0.717) is 18.5 Å². The molecule has 0 amide bonds. The maximum atomic E-state index is 5.51. The van der Waals surface area contributed by atoms with Crippen LogP contribution >= 0.6 is 0 Å². The minimum Gasteiger partial charge on any atom is -0.432 e. The summed E-state index contributed by atoms with van der Waals surface area (Å²) < 4.78 is 7.50. The van der Waals surface area contributed by atoms with Crippen molar-refractivity contribution < 1.29 is 4.42 Å². The zero-order valence-corrected chi connectivity index (χ0v) is 12.6. The second-order valence-electron chi connectivity index (χ2n) is 5.46. The van der Waals surface area contributed by atoms with Crippen molar-refractivity contribution >= 4 is 6.01 Å². The van der Waals surface area contributed by atoms with E-state index in [9.17, 15) is 0 Å². The van der Waals surface area contributed by atoms with Crippen LogP contribution in [0.2, 0.25) is 0 Å². The summed E-state index contributed by atoms with van der Waals surface area (Å²) in [6.45, 7) is 6.75. The van der Waals surface area contributed by atoms with Crippen LogP contribution < -0.4 is 10.2 Å². The lowest BCUT2D eigenvalue weighted by molar-refractivity contribution is 0.532. The minimum absolute atomic E-state index is 0.620. The van der Waals surface area contributed by atoms with Gasteiger partial charge in [0.05, 0.1) is 12.2 Å². The molecule has 20 heavy (non-hydrogen) atoms. The zero-order valence-electron chi connectivity index (χ0n) is 12.6. The zero-order chi connectivity index (χ0) is 14.5. The number of anilines is 1. The van der Waals surface area contributed by atoms with E-state index in [0.717, 1.165) is 24.6 Å². The molecule has 0 unspecified atom stereocenters. The number of imidazole rings is 1. The Labute approximate surface area is 119 Å². The molecule has 2 aromatic rings. The van der Waals surface area contributed by atoms with Crippen molar-refractivity contribution in [1.82, 2.24) is 19.9 Å². The summed E-state index contributed by atoms with van der Waals surface area (Å²) in [5.74, 6) is 1.61. The van der Waals surface area contributed by atoms with E-state index in [1.807, 2.05) is 29.8 Å². The molecule has 110 valence electrons. The van der Waals surface area contributed by atoms with Gasteiger partial charge in [0, 0.05) is 33.0 Å². The highest BCUT2D eigenvalue weighted by molar-refractivity contribution is 5.26. The first-order chi connectivity index (χ1) is 9.56. The first kappa shape index (κ1) is 14.6. The van der Waals surface area contributed by atoms with Gasteiger partial charge in [0.15, 0.2) is 0 Å². The maximum Gasteiger partial charge on any atom is 0.297 e. The highest BCUT2D eigenvalue weighted by Crippen LogP contribution is 2.14. The molecule has 0 atom stereocenters. The highest BCUT2D eigenvalue weighted by Gasteiger charge is 2.11. The standard InChI is InChI=1S/C14H23N5O/c1-11(2)7-15-8-12-10-20-14(17-12)19(4)9-13-16-5-6-18(13)3/h5-6,10-11,15H,7-9H2,1-4H3. The molecule has 0 fully saturated rings. The predicted molar refractivity (Wildman–Crippen MR) is 78.4 cm³/mol. The number of aryl methyl sites for hydroxylation is 1. The van der Waals surface area contributed by atoms with Crippen LogP contribution in [0.3, 0.4) is 0 Å². The Bertz CT molecular complexity index is 531. The van der Waals surface area contributed by atoms with Gasteiger partial charge in [-0.2, -0.15) is 4.98 Å². The average molecular weight is 277 g/mol. The first-order valence-electron chi connectivity index (χ1n) is 6.88. The van der Waals surface area contributed by atoms with Crippen molar-refractivity contribution in [2.75, 3.05) is 18.5 Å². The van der Waals surface area contributed by atoms with Gasteiger partial charge in [-0.3, -0.25) is 0 Å². The normalized spacial score (nSPS) is 11.2. The fraction of sp³-hybridized carbons (Fsp3) is 0.571. The second kappa shape index (κ2) is 6.56. The minimum atomic E-state index is 0.620. The molecule has 0 saturated carbocycles. The monoisotopic (exact) mass is 277 g/mol. The molecule has 0 bridgehead atoms. The van der Waals surface area contributed by atoms with Gasteiger partial charge in [0.25, 0.3) is 6.01 Å². The van der Waals surface area contributed by atoms with E-state index in [-0.39, 0.29) is 0 Å². The summed E-state index contributed by atoms with van der Waals surface area (Å²) >= 11 is 0. The van der Waals surface area contributed by atoms with Gasteiger partial charge in [0.1, 0.15) is 12.1 Å². The fourth-order valence-electron chi connectivity index (χ4n) is 1.87. The molecule has 2 aromatic heterocycles. The van der Waals surface area contributed by atoms with Crippen LogP contribution in [0.5, 0.6) is 0 Å². The Hall–Kier alpha value is -1.82. The van der Waals surface area contributed by atoms with Crippen molar-refractivity contribution in [3.63, 3.8) is 0 Å². The Morgan fingerprint density at radius 3 is 2.90 bits per heavy atom. The average Bonchev–Trinajstić information content (AvgIpc) is 2.99. The summed E-state index contributed by atoms with van der Waals surface area (Å²) in [7, 11) is 3.93. The lowest BCUT2D eigenvalue weighted by Crippen LogP contribution is -2.20. The van der Waals surface area contributed by atoms with E-state index in [1.54, 1.807) is 12.5 Å². The van der Waals surface area contributed by atoms with Gasteiger partial charge in [-0.15, -0.1) is 0 Å². The molecule has 0 spiro atoms. The number of hydrogen-bond acceptors (Lipinski definition) is 5. The van der Waals surface area contributed by atoms with Gasteiger partial charge in [-0.25, -0.2) is 4.98 Å². The quantitative estimate of drug-likeness (QED) is 0.836. The van der Waals surface area contributed by atoms with E-state index < -0.39 is 0 Å². The third-order valence-corrected chi connectivity index (χ3v) is 3.02. The van der Waals surface area contributed by atoms with Crippen molar-refractivity contribution in [2.24, 2.45) is 13.0 Å². The van der Waals surface area contributed by atoms with Crippen LogP contribution in [0, 0.1) is 5.92 Å². The smallest absolute Gasteiger partial charge is 0.297 e. The van der Waals surface area contributed by atoms with Crippen molar-refractivity contribution in [1.29, 1.82) is 0 Å². The van der Waals surface area contributed by atoms with Crippen LogP contribution in [-0.4, -0.2) is 28.1 Å². The Kier molecular flexibility index (Phi) is 4.79. The molecular weight excluding hydrogens is 254 g/mol. The third-order valence-electron chi connectivity index (χ3n) is 3.02. The van der Waals surface area contributed by atoms with E-state index in [4.69, 9.17) is 4.42 Å². The highest BCUT2D eigenvalue weighted by atomic mass is 16.4. The van der Waals surface area contributed by atoms with E-state index >= 15 is 0 Å². The topological polar surface area (TPSA) is 59.1 Å². The van der Waals surface area contributed by atoms with Crippen LogP contribution in [-0.2, 0) is 20.1 Å². The number of oxazole rings is 1. The van der Waals surface area contributed by atoms with Crippen LogP contribution in [0.4, 0.5) is 6.01 Å². The fourth-order valence-corrected chi connectivity index (χ4v) is 1.87. The summed E-state index contributed by atoms with van der Waals surface area (Å²) in [5.41, 5.74) is 0.923. The molecule has 6 nitrogen and oxygen atoms in total. The van der Waals surface area contributed by atoms with Crippen LogP contribution in [0.1, 0.15) is 25.4 Å². The number of hydrogen-bond donors (Lipinski definition) is 1. The maximum absolute atomic E-state index is 5.51. The van der Waals surface area contributed by atoms with E-state index in [2.05, 4.69) is 29.1 Å².